The maximum absolute atomic E-state index is 12.4. The summed E-state index contributed by atoms with van der Waals surface area (Å²) in [6.07, 6.45) is 0. The van der Waals surface area contributed by atoms with Crippen molar-refractivity contribution >= 4 is 17.8 Å². The molecule has 2 aromatic carbocycles. The first-order valence-corrected chi connectivity index (χ1v) is 8.45. The first kappa shape index (κ1) is 19.2. The molecule has 0 fully saturated rings. The van der Waals surface area contributed by atoms with E-state index < -0.39 is 17.9 Å². The number of aliphatic carboxylic acids is 1. The summed E-state index contributed by atoms with van der Waals surface area (Å²) >= 11 is 0. The van der Waals surface area contributed by atoms with Crippen LogP contribution in [-0.4, -0.2) is 40.9 Å². The van der Waals surface area contributed by atoms with E-state index in [9.17, 15) is 19.5 Å². The molecule has 0 spiro atoms. The van der Waals surface area contributed by atoms with Crippen LogP contribution in [0, 0.1) is 0 Å². The van der Waals surface area contributed by atoms with Crippen molar-refractivity contribution in [2.45, 2.75) is 19.9 Å². The minimum atomic E-state index is -1.14. The third-order valence-corrected chi connectivity index (χ3v) is 4.10. The summed E-state index contributed by atoms with van der Waals surface area (Å²) in [6.45, 7) is 5.02. The Morgan fingerprint density at radius 1 is 0.923 bits per heavy atom. The fourth-order valence-corrected chi connectivity index (χ4v) is 2.61. The van der Waals surface area contributed by atoms with Gasteiger partial charge in [0.15, 0.2) is 6.04 Å². The summed E-state index contributed by atoms with van der Waals surface area (Å²) in [7, 11) is 0. The van der Waals surface area contributed by atoms with Gasteiger partial charge in [-0.25, -0.2) is 4.79 Å². The normalized spacial score (nSPS) is 11.5. The molecule has 0 heterocycles. The zero-order valence-electron chi connectivity index (χ0n) is 14.8. The van der Waals surface area contributed by atoms with Gasteiger partial charge in [0, 0.05) is 24.2 Å². The van der Waals surface area contributed by atoms with E-state index in [0.29, 0.717) is 29.8 Å². The number of carbonyl (C=O) groups is 3. The van der Waals surface area contributed by atoms with Crippen LogP contribution >= 0.6 is 0 Å². The monoisotopic (exact) mass is 354 g/mol. The molecule has 2 aromatic rings. The van der Waals surface area contributed by atoms with E-state index in [1.807, 2.05) is 13.8 Å². The van der Waals surface area contributed by atoms with Gasteiger partial charge in [-0.1, -0.05) is 30.3 Å². The fourth-order valence-electron chi connectivity index (χ4n) is 2.61. The topological polar surface area (TPSA) is 86.7 Å². The summed E-state index contributed by atoms with van der Waals surface area (Å²) < 4.78 is 0. The largest absolute Gasteiger partial charge is 0.479 e. The highest BCUT2D eigenvalue weighted by atomic mass is 16.4. The standard InChI is InChI=1S/C20H22N2O4/c1-3-22(4-2)19(24)16-12-10-15(11-13-16)18(23)21-17(20(25)26)14-8-6-5-7-9-14/h5-13,17H,3-4H2,1-2H3,(H,21,23)(H,25,26)/t17-/m1/s1. The zero-order chi connectivity index (χ0) is 19.1. The molecule has 0 aliphatic carbocycles. The number of rotatable bonds is 7. The molecule has 0 bridgehead atoms. The molecule has 0 aliphatic rings. The van der Waals surface area contributed by atoms with E-state index in [1.165, 1.54) is 12.1 Å². The molecule has 0 radical (unpaired) electrons. The number of benzene rings is 2. The lowest BCUT2D eigenvalue weighted by atomic mass is 10.1. The Kier molecular flexibility index (Phi) is 6.49. The number of hydrogen-bond acceptors (Lipinski definition) is 3. The van der Waals surface area contributed by atoms with Gasteiger partial charge in [0.1, 0.15) is 0 Å². The molecular weight excluding hydrogens is 332 g/mol. The highest BCUT2D eigenvalue weighted by Gasteiger charge is 2.22. The lowest BCUT2D eigenvalue weighted by molar-refractivity contribution is -0.139. The van der Waals surface area contributed by atoms with Crippen molar-refractivity contribution in [3.8, 4) is 0 Å². The number of amides is 2. The second-order valence-electron chi connectivity index (χ2n) is 5.71. The molecule has 6 heteroatoms. The Morgan fingerprint density at radius 3 is 1.96 bits per heavy atom. The van der Waals surface area contributed by atoms with Gasteiger partial charge in [-0.05, 0) is 43.7 Å². The zero-order valence-corrected chi connectivity index (χ0v) is 14.8. The highest BCUT2D eigenvalue weighted by Crippen LogP contribution is 2.14. The summed E-state index contributed by atoms with van der Waals surface area (Å²) in [4.78, 5) is 37.9. The van der Waals surface area contributed by atoms with Crippen LogP contribution in [0.4, 0.5) is 0 Å². The fraction of sp³-hybridized carbons (Fsp3) is 0.250. The molecule has 0 saturated heterocycles. The summed E-state index contributed by atoms with van der Waals surface area (Å²) in [5.74, 6) is -1.75. The first-order valence-electron chi connectivity index (χ1n) is 8.45. The third-order valence-electron chi connectivity index (χ3n) is 4.10. The van der Waals surface area contributed by atoms with Crippen molar-refractivity contribution in [3.63, 3.8) is 0 Å². The molecule has 2 rings (SSSR count). The van der Waals surface area contributed by atoms with Gasteiger partial charge in [0.05, 0.1) is 0 Å². The maximum atomic E-state index is 12.4. The molecular formula is C20H22N2O4. The molecule has 2 N–H and O–H groups in total. The molecule has 136 valence electrons. The van der Waals surface area contributed by atoms with Gasteiger partial charge >= 0.3 is 5.97 Å². The van der Waals surface area contributed by atoms with E-state index in [2.05, 4.69) is 5.32 Å². The first-order chi connectivity index (χ1) is 12.5. The van der Waals surface area contributed by atoms with Crippen LogP contribution in [0.15, 0.2) is 54.6 Å². The van der Waals surface area contributed by atoms with Crippen LogP contribution in [0.1, 0.15) is 46.2 Å². The number of hydrogen-bond donors (Lipinski definition) is 2. The Labute approximate surface area is 152 Å². The Balaban J connectivity index is 2.14. The van der Waals surface area contributed by atoms with Crippen LogP contribution in [0.5, 0.6) is 0 Å². The Hall–Kier alpha value is -3.15. The molecule has 26 heavy (non-hydrogen) atoms. The molecule has 0 saturated carbocycles. The lowest BCUT2D eigenvalue weighted by Gasteiger charge is -2.19. The number of carbonyl (C=O) groups excluding carboxylic acids is 2. The molecule has 6 nitrogen and oxygen atoms in total. The van der Waals surface area contributed by atoms with Crippen molar-refractivity contribution in [2.75, 3.05) is 13.1 Å². The molecule has 0 aliphatic heterocycles. The van der Waals surface area contributed by atoms with Gasteiger partial charge in [-0.15, -0.1) is 0 Å². The summed E-state index contributed by atoms with van der Waals surface area (Å²) in [6, 6.07) is 13.6. The number of nitrogens with one attached hydrogen (secondary N) is 1. The second kappa shape index (κ2) is 8.80. The third kappa shape index (κ3) is 4.47. The van der Waals surface area contributed by atoms with E-state index in [0.717, 1.165) is 0 Å². The quantitative estimate of drug-likeness (QED) is 0.800. The van der Waals surface area contributed by atoms with E-state index in [4.69, 9.17) is 0 Å². The maximum Gasteiger partial charge on any atom is 0.330 e. The van der Waals surface area contributed by atoms with Gasteiger partial charge in [0.25, 0.3) is 11.8 Å². The van der Waals surface area contributed by atoms with Crippen LogP contribution in [0.25, 0.3) is 0 Å². The van der Waals surface area contributed by atoms with E-state index >= 15 is 0 Å². The second-order valence-corrected chi connectivity index (χ2v) is 5.71. The predicted octanol–water partition coefficient (Wildman–Crippen LogP) is 2.72. The summed E-state index contributed by atoms with van der Waals surface area (Å²) in [5.41, 5.74) is 1.27. The number of nitrogens with zero attached hydrogens (tertiary/aromatic N) is 1. The lowest BCUT2D eigenvalue weighted by Crippen LogP contribution is -2.34. The molecule has 0 unspecified atom stereocenters. The van der Waals surface area contributed by atoms with Crippen molar-refractivity contribution in [1.82, 2.24) is 10.2 Å². The van der Waals surface area contributed by atoms with Crippen LogP contribution in [0.3, 0.4) is 0 Å². The van der Waals surface area contributed by atoms with E-state index in [1.54, 1.807) is 47.4 Å². The van der Waals surface area contributed by atoms with Crippen LogP contribution in [-0.2, 0) is 4.79 Å². The minimum Gasteiger partial charge on any atom is -0.479 e. The average Bonchev–Trinajstić information content (AvgIpc) is 2.67. The number of carboxylic acids is 1. The predicted molar refractivity (Wildman–Crippen MR) is 98.0 cm³/mol. The average molecular weight is 354 g/mol. The SMILES string of the molecule is CCN(CC)C(=O)c1ccc(C(=O)N[C@@H](C(=O)O)c2ccccc2)cc1. The molecule has 0 aromatic heterocycles. The smallest absolute Gasteiger partial charge is 0.330 e. The van der Waals surface area contributed by atoms with Gasteiger partial charge < -0.3 is 15.3 Å². The summed E-state index contributed by atoms with van der Waals surface area (Å²) in [5, 5.41) is 11.9. The van der Waals surface area contributed by atoms with Crippen molar-refractivity contribution in [3.05, 3.63) is 71.3 Å². The van der Waals surface area contributed by atoms with Crippen molar-refractivity contribution in [2.24, 2.45) is 0 Å². The van der Waals surface area contributed by atoms with Gasteiger partial charge in [-0.2, -0.15) is 0 Å². The van der Waals surface area contributed by atoms with E-state index in [-0.39, 0.29) is 5.91 Å². The van der Waals surface area contributed by atoms with Crippen LogP contribution in [0.2, 0.25) is 0 Å². The van der Waals surface area contributed by atoms with Gasteiger partial charge in [-0.3, -0.25) is 9.59 Å². The molecule has 1 atom stereocenters. The van der Waals surface area contributed by atoms with Crippen molar-refractivity contribution in [1.29, 1.82) is 0 Å². The molecule has 2 amide bonds. The van der Waals surface area contributed by atoms with Crippen molar-refractivity contribution < 1.29 is 19.5 Å². The van der Waals surface area contributed by atoms with Crippen LogP contribution < -0.4 is 5.32 Å². The Morgan fingerprint density at radius 2 is 1.46 bits per heavy atom. The minimum absolute atomic E-state index is 0.102. The van der Waals surface area contributed by atoms with Gasteiger partial charge in [0.2, 0.25) is 0 Å². The Bertz CT molecular complexity index is 768. The number of carboxylic acid groups (broad SMARTS) is 1. The highest BCUT2D eigenvalue weighted by molar-refractivity contribution is 5.99.